The Morgan fingerprint density at radius 2 is 1.90 bits per heavy atom. The number of hydrogen-bond acceptors (Lipinski definition) is 5. The number of nitrogens with zero attached hydrogens (tertiary/aromatic N) is 4. The number of nitriles is 1. The lowest BCUT2D eigenvalue weighted by atomic mass is 9.95. The number of pyridine rings is 2. The van der Waals surface area contributed by atoms with Gasteiger partial charge in [0.15, 0.2) is 0 Å². The lowest BCUT2D eigenvalue weighted by Crippen LogP contribution is -2.11. The maximum absolute atomic E-state index is 15.1. The van der Waals surface area contributed by atoms with Gasteiger partial charge in [0.05, 0.1) is 11.3 Å². The number of aryl methyl sites for hydroxylation is 1. The van der Waals surface area contributed by atoms with Crippen LogP contribution in [0.25, 0.3) is 28.5 Å². The van der Waals surface area contributed by atoms with Gasteiger partial charge >= 0.3 is 0 Å². The molecule has 0 atom stereocenters. The van der Waals surface area contributed by atoms with Crippen molar-refractivity contribution >= 4 is 17.7 Å². The molecule has 2 aromatic heterocycles. The Balaban J connectivity index is 2.03. The molecule has 0 radical (unpaired) electrons. The van der Waals surface area contributed by atoms with Gasteiger partial charge in [-0.2, -0.15) is 5.26 Å². The van der Waals surface area contributed by atoms with E-state index in [4.69, 9.17) is 4.98 Å². The van der Waals surface area contributed by atoms with Crippen molar-refractivity contribution in [2.45, 2.75) is 6.92 Å². The average Bonchev–Trinajstić information content (AvgIpc) is 2.72. The van der Waals surface area contributed by atoms with Crippen molar-refractivity contribution in [3.05, 3.63) is 77.4 Å². The molecule has 3 heterocycles. The minimum absolute atomic E-state index is 0.0184. The molecule has 148 valence electrons. The van der Waals surface area contributed by atoms with E-state index in [2.05, 4.69) is 16.9 Å². The van der Waals surface area contributed by atoms with Crippen LogP contribution in [-0.2, 0) is 0 Å². The van der Waals surface area contributed by atoms with Crippen molar-refractivity contribution in [1.29, 1.82) is 5.26 Å². The number of hydrogen-bond donors (Lipinski definition) is 1. The Kier molecular flexibility index (Phi) is 4.80. The van der Waals surface area contributed by atoms with Gasteiger partial charge in [-0.3, -0.25) is 0 Å². The van der Waals surface area contributed by atoms with Crippen LogP contribution in [0.1, 0.15) is 16.8 Å². The van der Waals surface area contributed by atoms with E-state index < -0.39 is 5.82 Å². The molecule has 0 saturated carbocycles. The summed E-state index contributed by atoms with van der Waals surface area (Å²) in [5.74, 6) is 0.807. The lowest BCUT2D eigenvalue weighted by Gasteiger charge is -2.20. The lowest BCUT2D eigenvalue weighted by molar-refractivity contribution is 0.627. The molecule has 1 aliphatic rings. The first kappa shape index (κ1) is 19.3. The molecule has 0 amide bonds. The van der Waals surface area contributed by atoms with E-state index in [-0.39, 0.29) is 11.1 Å². The normalized spacial score (nSPS) is 12.2. The molecule has 0 unspecified atom stereocenters. The third-order valence-electron chi connectivity index (χ3n) is 4.88. The predicted octanol–water partition coefficient (Wildman–Crippen LogP) is 5.15. The van der Waals surface area contributed by atoms with Crippen molar-refractivity contribution in [2.24, 2.45) is 0 Å². The molecule has 0 bridgehead atoms. The molecule has 0 spiro atoms. The van der Waals surface area contributed by atoms with Crippen molar-refractivity contribution in [2.75, 3.05) is 24.3 Å². The largest absolute Gasteiger partial charge is 0.363 e. The number of benzene rings is 1. The number of nitrogens with one attached hydrogen (secondary N) is 1. The second-order valence-electron chi connectivity index (χ2n) is 7.33. The number of anilines is 2. The summed E-state index contributed by atoms with van der Waals surface area (Å²) in [5.41, 5.74) is 4.76. The van der Waals surface area contributed by atoms with Crippen LogP contribution >= 0.6 is 0 Å². The topological polar surface area (TPSA) is 64.8 Å². The van der Waals surface area contributed by atoms with Gasteiger partial charge in [-0.15, -0.1) is 0 Å². The van der Waals surface area contributed by atoms with Gasteiger partial charge < -0.3 is 10.2 Å². The van der Waals surface area contributed by atoms with E-state index >= 15 is 4.39 Å². The van der Waals surface area contributed by atoms with E-state index in [1.165, 1.54) is 6.07 Å². The maximum Gasteiger partial charge on any atom is 0.150 e. The summed E-state index contributed by atoms with van der Waals surface area (Å²) >= 11 is 0. The van der Waals surface area contributed by atoms with Crippen molar-refractivity contribution < 1.29 is 4.39 Å². The molecule has 4 rings (SSSR count). The first-order valence-electron chi connectivity index (χ1n) is 9.42. The highest BCUT2D eigenvalue weighted by atomic mass is 19.1. The SMILES string of the molecule is C=C1C=Cc2cc(-c3cc(C)nc(N(C)C)c3)c(-c3cccc(C#N)c3F)nc2N1. The van der Waals surface area contributed by atoms with E-state index in [0.29, 0.717) is 17.2 Å². The third kappa shape index (κ3) is 3.42. The van der Waals surface area contributed by atoms with Gasteiger partial charge in [-0.25, -0.2) is 14.4 Å². The van der Waals surface area contributed by atoms with Gasteiger partial charge in [0.25, 0.3) is 0 Å². The molecule has 30 heavy (non-hydrogen) atoms. The zero-order chi connectivity index (χ0) is 21.4. The summed E-state index contributed by atoms with van der Waals surface area (Å²) in [6, 6.07) is 12.5. The quantitative estimate of drug-likeness (QED) is 0.662. The minimum Gasteiger partial charge on any atom is -0.363 e. The molecule has 3 aromatic rings. The molecular weight excluding hydrogens is 377 g/mol. The summed E-state index contributed by atoms with van der Waals surface area (Å²) in [5, 5.41) is 12.4. The van der Waals surface area contributed by atoms with Crippen LogP contribution in [-0.4, -0.2) is 24.1 Å². The van der Waals surface area contributed by atoms with Gasteiger partial charge in [0.1, 0.15) is 23.5 Å². The van der Waals surface area contributed by atoms with Crippen LogP contribution in [0.2, 0.25) is 0 Å². The average molecular weight is 397 g/mol. The van der Waals surface area contributed by atoms with Crippen molar-refractivity contribution in [1.82, 2.24) is 9.97 Å². The molecule has 0 saturated heterocycles. The Bertz CT molecular complexity index is 1250. The van der Waals surface area contributed by atoms with Crippen molar-refractivity contribution in [3.8, 4) is 28.5 Å². The van der Waals surface area contributed by atoms with Crippen LogP contribution in [0.4, 0.5) is 16.0 Å². The van der Waals surface area contributed by atoms with Gasteiger partial charge in [-0.05, 0) is 55.0 Å². The van der Waals surface area contributed by atoms with E-state index in [0.717, 1.165) is 28.2 Å². The number of allylic oxidation sites excluding steroid dienone is 1. The molecule has 1 N–H and O–H groups in total. The van der Waals surface area contributed by atoms with Gasteiger partial charge in [0, 0.05) is 42.2 Å². The van der Waals surface area contributed by atoms with Gasteiger partial charge in [0.2, 0.25) is 0 Å². The Labute approximate surface area is 174 Å². The standard InChI is InChI=1S/C24H20FN5/c1-14-8-9-16-11-20(18-10-15(2)27-21(12-18)30(3)4)23(29-24(16)28-14)19-7-5-6-17(13-26)22(19)25/h5-12H,1H2,2-4H3,(H,28,29). The Morgan fingerprint density at radius 3 is 2.63 bits per heavy atom. The first-order valence-corrected chi connectivity index (χ1v) is 9.42. The molecule has 1 aromatic carbocycles. The highest BCUT2D eigenvalue weighted by Gasteiger charge is 2.20. The molecule has 1 aliphatic heterocycles. The second-order valence-corrected chi connectivity index (χ2v) is 7.33. The zero-order valence-electron chi connectivity index (χ0n) is 17.0. The summed E-state index contributed by atoms with van der Waals surface area (Å²) in [6.45, 7) is 5.84. The fourth-order valence-corrected chi connectivity index (χ4v) is 3.40. The monoisotopic (exact) mass is 397 g/mol. The minimum atomic E-state index is -0.586. The van der Waals surface area contributed by atoms with Crippen LogP contribution in [0.15, 0.2) is 54.8 Å². The van der Waals surface area contributed by atoms with Crippen molar-refractivity contribution in [3.63, 3.8) is 0 Å². The summed E-state index contributed by atoms with van der Waals surface area (Å²) < 4.78 is 15.1. The number of rotatable bonds is 3. The number of fused-ring (bicyclic) bond motifs is 1. The smallest absolute Gasteiger partial charge is 0.150 e. The zero-order valence-corrected chi connectivity index (χ0v) is 17.0. The van der Waals surface area contributed by atoms with Crippen LogP contribution < -0.4 is 10.2 Å². The molecular formula is C24H20FN5. The second kappa shape index (κ2) is 7.45. The highest BCUT2D eigenvalue weighted by Crippen LogP contribution is 2.38. The van der Waals surface area contributed by atoms with E-state index in [9.17, 15) is 5.26 Å². The van der Waals surface area contributed by atoms with Crippen LogP contribution in [0.5, 0.6) is 0 Å². The fraction of sp³-hybridized carbons (Fsp3) is 0.125. The Morgan fingerprint density at radius 1 is 1.10 bits per heavy atom. The Hall–Kier alpha value is -3.98. The van der Waals surface area contributed by atoms with Gasteiger partial charge in [-0.1, -0.05) is 12.6 Å². The maximum atomic E-state index is 15.1. The van der Waals surface area contributed by atoms with E-state index in [1.807, 2.05) is 62.3 Å². The first-order chi connectivity index (χ1) is 14.4. The summed E-state index contributed by atoms with van der Waals surface area (Å²) in [4.78, 5) is 11.2. The highest BCUT2D eigenvalue weighted by molar-refractivity contribution is 5.88. The predicted molar refractivity (Wildman–Crippen MR) is 118 cm³/mol. The summed E-state index contributed by atoms with van der Waals surface area (Å²) in [7, 11) is 3.85. The van der Waals surface area contributed by atoms with E-state index in [1.54, 1.807) is 12.1 Å². The molecule has 0 aliphatic carbocycles. The number of halogens is 1. The van der Waals surface area contributed by atoms with Crippen LogP contribution in [0.3, 0.4) is 0 Å². The molecule has 0 fully saturated rings. The molecule has 5 nitrogen and oxygen atoms in total. The fourth-order valence-electron chi connectivity index (χ4n) is 3.40. The third-order valence-corrected chi connectivity index (χ3v) is 4.88. The summed E-state index contributed by atoms with van der Waals surface area (Å²) in [6.07, 6.45) is 3.80. The number of aromatic nitrogens is 2. The van der Waals surface area contributed by atoms with Crippen LogP contribution in [0, 0.1) is 24.1 Å². The molecule has 6 heteroatoms.